The third-order valence-corrected chi connectivity index (χ3v) is 7.14. The predicted octanol–water partition coefficient (Wildman–Crippen LogP) is 5.52. The number of carbonyl (C=O) groups is 2. The highest BCUT2D eigenvalue weighted by Crippen LogP contribution is 2.48. The second kappa shape index (κ2) is 9.67. The minimum Gasteiger partial charge on any atom is -0.481 e. The van der Waals surface area contributed by atoms with Crippen LogP contribution in [0.2, 0.25) is 0 Å². The van der Waals surface area contributed by atoms with Gasteiger partial charge in [0.25, 0.3) is 5.91 Å². The van der Waals surface area contributed by atoms with Crippen LogP contribution in [-0.4, -0.2) is 33.8 Å². The maximum absolute atomic E-state index is 13.3. The van der Waals surface area contributed by atoms with E-state index in [0.717, 1.165) is 16.7 Å². The monoisotopic (exact) mass is 496 g/mol. The first-order chi connectivity index (χ1) is 17.9. The van der Waals surface area contributed by atoms with Gasteiger partial charge in [-0.1, -0.05) is 71.9 Å². The molecule has 1 atom stereocenters. The average molecular weight is 497 g/mol. The lowest BCUT2D eigenvalue weighted by Crippen LogP contribution is -2.35. The standard InChI is InChI=1S/C30H28N2O5/c1-3-32(24-7-5-4-6-8-24)28(34)26(33)25-19(2)31-37-27(25)22-11-9-20(10-12-22)21-13-15-23(16-14-21)30(17-18-30)29(35)36/h4-16,26,33H,3,17-18H2,1-2H3,(H,35,36). The number of likely N-dealkylation sites (N-methyl/N-ethyl adjacent to an activating group) is 1. The topological polar surface area (TPSA) is 104 Å². The summed E-state index contributed by atoms with van der Waals surface area (Å²) in [7, 11) is 0. The number of carboxylic acid groups (broad SMARTS) is 1. The Labute approximate surface area is 215 Å². The van der Waals surface area contributed by atoms with Crippen molar-refractivity contribution in [3.8, 4) is 22.5 Å². The van der Waals surface area contributed by atoms with E-state index < -0.39 is 23.4 Å². The molecule has 2 N–H and O–H groups in total. The predicted molar refractivity (Wildman–Crippen MR) is 140 cm³/mol. The molecule has 0 spiro atoms. The number of amides is 1. The van der Waals surface area contributed by atoms with Gasteiger partial charge in [0.1, 0.15) is 0 Å². The normalized spacial score (nSPS) is 14.7. The summed E-state index contributed by atoms with van der Waals surface area (Å²) in [6.07, 6.45) is -0.0895. The lowest BCUT2D eigenvalue weighted by atomic mass is 9.93. The van der Waals surface area contributed by atoms with Gasteiger partial charge in [-0.25, -0.2) is 0 Å². The summed E-state index contributed by atoms with van der Waals surface area (Å²) in [6, 6.07) is 24.4. The fourth-order valence-electron chi connectivity index (χ4n) is 4.80. The van der Waals surface area contributed by atoms with Crippen LogP contribution in [0.4, 0.5) is 5.69 Å². The molecule has 1 aliphatic carbocycles. The molecule has 0 saturated heterocycles. The van der Waals surface area contributed by atoms with Gasteiger partial charge in [-0.05, 0) is 55.5 Å². The number of aryl methyl sites for hydroxylation is 1. The number of aliphatic hydroxyl groups excluding tert-OH is 1. The van der Waals surface area contributed by atoms with E-state index in [1.807, 2.05) is 85.8 Å². The number of rotatable bonds is 8. The maximum Gasteiger partial charge on any atom is 0.314 e. The van der Waals surface area contributed by atoms with Crippen molar-refractivity contribution in [2.45, 2.75) is 38.2 Å². The first-order valence-electron chi connectivity index (χ1n) is 12.3. The van der Waals surface area contributed by atoms with Crippen molar-refractivity contribution >= 4 is 17.6 Å². The molecule has 3 aromatic carbocycles. The summed E-state index contributed by atoms with van der Waals surface area (Å²) in [6.45, 7) is 3.97. The molecule has 1 fully saturated rings. The van der Waals surface area contributed by atoms with Crippen LogP contribution >= 0.6 is 0 Å². The van der Waals surface area contributed by atoms with E-state index >= 15 is 0 Å². The lowest BCUT2D eigenvalue weighted by molar-refractivity contribution is -0.140. The summed E-state index contributed by atoms with van der Waals surface area (Å²) in [5, 5.41) is 24.7. The molecule has 5 rings (SSSR count). The number of carboxylic acids is 1. The second-order valence-electron chi connectivity index (χ2n) is 9.37. The Kier molecular flexibility index (Phi) is 6.39. The third kappa shape index (κ3) is 4.42. The summed E-state index contributed by atoms with van der Waals surface area (Å²) in [4.78, 5) is 26.4. The molecule has 1 saturated carbocycles. The Bertz CT molecular complexity index is 1420. The Balaban J connectivity index is 1.39. The van der Waals surface area contributed by atoms with Crippen molar-refractivity contribution in [2.24, 2.45) is 0 Å². The first-order valence-corrected chi connectivity index (χ1v) is 12.3. The van der Waals surface area contributed by atoms with Crippen LogP contribution in [0, 0.1) is 6.92 Å². The van der Waals surface area contributed by atoms with Gasteiger partial charge < -0.3 is 19.6 Å². The number of aliphatic carboxylic acids is 1. The average Bonchev–Trinajstić information content (AvgIpc) is 3.66. The summed E-state index contributed by atoms with van der Waals surface area (Å²) in [5.41, 5.74) is 4.21. The molecule has 1 aromatic heterocycles. The van der Waals surface area contributed by atoms with Crippen LogP contribution < -0.4 is 4.90 Å². The molecule has 0 radical (unpaired) electrons. The van der Waals surface area contributed by atoms with Gasteiger partial charge >= 0.3 is 5.97 Å². The number of benzene rings is 3. The Morgan fingerprint density at radius 2 is 1.51 bits per heavy atom. The number of nitrogens with zero attached hydrogens (tertiary/aromatic N) is 2. The van der Waals surface area contributed by atoms with E-state index in [1.165, 1.54) is 4.90 Å². The van der Waals surface area contributed by atoms with E-state index in [1.54, 1.807) is 6.92 Å². The minimum absolute atomic E-state index is 0.347. The van der Waals surface area contributed by atoms with Crippen LogP contribution in [0.5, 0.6) is 0 Å². The zero-order chi connectivity index (χ0) is 26.2. The van der Waals surface area contributed by atoms with Crippen LogP contribution in [0.25, 0.3) is 22.5 Å². The van der Waals surface area contributed by atoms with Crippen molar-refractivity contribution in [3.05, 3.63) is 95.7 Å². The molecule has 7 heteroatoms. The third-order valence-electron chi connectivity index (χ3n) is 7.14. The fourth-order valence-corrected chi connectivity index (χ4v) is 4.80. The summed E-state index contributed by atoms with van der Waals surface area (Å²) < 4.78 is 5.56. The number of aliphatic hydroxyl groups is 1. The van der Waals surface area contributed by atoms with Gasteiger partial charge in [0.05, 0.1) is 16.7 Å². The molecule has 0 bridgehead atoms. The van der Waals surface area contributed by atoms with Crippen molar-refractivity contribution in [3.63, 3.8) is 0 Å². The number of carbonyl (C=O) groups excluding carboxylic acids is 1. The smallest absolute Gasteiger partial charge is 0.314 e. The number of aromatic nitrogens is 1. The molecule has 188 valence electrons. The molecule has 1 amide bonds. The molecule has 4 aromatic rings. The van der Waals surface area contributed by atoms with Crippen molar-refractivity contribution in [1.29, 1.82) is 0 Å². The molecule has 1 aliphatic rings. The quantitative estimate of drug-likeness (QED) is 0.333. The molecule has 1 heterocycles. The molecule has 1 unspecified atom stereocenters. The second-order valence-corrected chi connectivity index (χ2v) is 9.37. The van der Waals surface area contributed by atoms with E-state index in [4.69, 9.17) is 4.52 Å². The van der Waals surface area contributed by atoms with Gasteiger partial charge in [-0.3, -0.25) is 9.59 Å². The lowest BCUT2D eigenvalue weighted by Gasteiger charge is -2.24. The Hall–Kier alpha value is -4.23. The Morgan fingerprint density at radius 3 is 2.05 bits per heavy atom. The molecular formula is C30H28N2O5. The van der Waals surface area contributed by atoms with Crippen molar-refractivity contribution in [1.82, 2.24) is 5.16 Å². The molecule has 37 heavy (non-hydrogen) atoms. The van der Waals surface area contributed by atoms with E-state index in [2.05, 4.69) is 5.16 Å². The molecule has 0 aliphatic heterocycles. The van der Waals surface area contributed by atoms with Crippen LogP contribution in [0.15, 0.2) is 83.4 Å². The van der Waals surface area contributed by atoms with Gasteiger partial charge in [0.15, 0.2) is 11.9 Å². The van der Waals surface area contributed by atoms with Crippen molar-refractivity contribution in [2.75, 3.05) is 11.4 Å². The zero-order valence-electron chi connectivity index (χ0n) is 20.7. The van der Waals surface area contributed by atoms with Gasteiger partial charge in [0, 0.05) is 17.8 Å². The summed E-state index contributed by atoms with van der Waals surface area (Å²) >= 11 is 0. The molecular weight excluding hydrogens is 468 g/mol. The fraction of sp³-hybridized carbons (Fsp3) is 0.233. The van der Waals surface area contributed by atoms with Crippen LogP contribution in [-0.2, 0) is 15.0 Å². The molecule has 7 nitrogen and oxygen atoms in total. The van der Waals surface area contributed by atoms with Crippen LogP contribution in [0.1, 0.15) is 42.7 Å². The van der Waals surface area contributed by atoms with Gasteiger partial charge in [0.2, 0.25) is 0 Å². The van der Waals surface area contributed by atoms with E-state index in [-0.39, 0.29) is 0 Å². The van der Waals surface area contributed by atoms with E-state index in [9.17, 15) is 19.8 Å². The first kappa shape index (κ1) is 24.5. The maximum atomic E-state index is 13.3. The highest BCUT2D eigenvalue weighted by atomic mass is 16.5. The number of hydrogen-bond donors (Lipinski definition) is 2. The minimum atomic E-state index is -1.43. The van der Waals surface area contributed by atoms with Crippen molar-refractivity contribution < 1.29 is 24.3 Å². The SMILES string of the molecule is CCN(C(=O)C(O)c1c(C)noc1-c1ccc(-c2ccc(C3(C(=O)O)CC3)cc2)cc1)c1ccccc1. The largest absolute Gasteiger partial charge is 0.481 e. The van der Waals surface area contributed by atoms with E-state index in [0.29, 0.717) is 47.7 Å². The number of para-hydroxylation sites is 1. The van der Waals surface area contributed by atoms with Crippen LogP contribution in [0.3, 0.4) is 0 Å². The van der Waals surface area contributed by atoms with Gasteiger partial charge in [-0.2, -0.15) is 0 Å². The number of hydrogen-bond acceptors (Lipinski definition) is 5. The van der Waals surface area contributed by atoms with Gasteiger partial charge in [-0.15, -0.1) is 0 Å². The number of anilines is 1. The Morgan fingerprint density at radius 1 is 0.946 bits per heavy atom. The highest BCUT2D eigenvalue weighted by Gasteiger charge is 2.51. The summed E-state index contributed by atoms with van der Waals surface area (Å²) in [5.74, 6) is -0.872. The highest BCUT2D eigenvalue weighted by molar-refractivity contribution is 5.98. The zero-order valence-corrected chi connectivity index (χ0v) is 20.7.